The first-order valence-corrected chi connectivity index (χ1v) is 5.63. The number of rotatable bonds is 5. The number of hydrogen-bond acceptors (Lipinski definition) is 6. The third kappa shape index (κ3) is 2.58. The van der Waals surface area contributed by atoms with E-state index < -0.39 is 0 Å². The quantitative estimate of drug-likeness (QED) is 0.611. The summed E-state index contributed by atoms with van der Waals surface area (Å²) in [5.74, 6) is 0. The van der Waals surface area contributed by atoms with Gasteiger partial charge in [-0.15, -0.1) is 5.10 Å². The topological polar surface area (TPSA) is 112 Å². The van der Waals surface area contributed by atoms with Crippen LogP contribution in [0.2, 0.25) is 0 Å². The first-order valence-electron chi connectivity index (χ1n) is 5.63. The Kier molecular flexibility index (Phi) is 3.75. The Bertz CT molecular complexity index is 539. The number of aliphatic hydroxyl groups is 1. The number of anilines is 1. The van der Waals surface area contributed by atoms with Gasteiger partial charge < -0.3 is 21.3 Å². The standard InChI is InChI=1S/C11H17N5O2/c1-16-10-3-7(5-18-6-8(12)4-17)2-9(13)11(10)14-15-16/h2-3,8,17H,4-6,12-13H2,1H3. The van der Waals surface area contributed by atoms with Gasteiger partial charge in [-0.1, -0.05) is 5.21 Å². The van der Waals surface area contributed by atoms with Gasteiger partial charge in [-0.2, -0.15) is 0 Å². The molecule has 0 spiro atoms. The fourth-order valence-corrected chi connectivity index (χ4v) is 1.68. The van der Waals surface area contributed by atoms with Gasteiger partial charge in [0.15, 0.2) is 0 Å². The molecule has 0 bridgehead atoms. The summed E-state index contributed by atoms with van der Waals surface area (Å²) in [6.07, 6.45) is 0. The third-order valence-corrected chi connectivity index (χ3v) is 2.64. The third-order valence-electron chi connectivity index (χ3n) is 2.64. The van der Waals surface area contributed by atoms with Crippen LogP contribution < -0.4 is 11.5 Å². The maximum absolute atomic E-state index is 8.78. The fourth-order valence-electron chi connectivity index (χ4n) is 1.68. The van der Waals surface area contributed by atoms with Crippen LogP contribution in [-0.4, -0.2) is 39.4 Å². The molecule has 0 aliphatic heterocycles. The Labute approximate surface area is 104 Å². The van der Waals surface area contributed by atoms with Crippen molar-refractivity contribution in [2.45, 2.75) is 12.6 Å². The van der Waals surface area contributed by atoms with Crippen LogP contribution in [-0.2, 0) is 18.4 Å². The van der Waals surface area contributed by atoms with E-state index in [0.717, 1.165) is 11.1 Å². The molecule has 7 heteroatoms. The minimum Gasteiger partial charge on any atom is -0.397 e. The van der Waals surface area contributed by atoms with Crippen LogP contribution >= 0.6 is 0 Å². The van der Waals surface area contributed by atoms with E-state index in [2.05, 4.69) is 10.3 Å². The highest BCUT2D eigenvalue weighted by Gasteiger charge is 2.08. The maximum Gasteiger partial charge on any atom is 0.136 e. The van der Waals surface area contributed by atoms with Crippen LogP contribution in [0.15, 0.2) is 12.1 Å². The second-order valence-corrected chi connectivity index (χ2v) is 4.22. The average molecular weight is 251 g/mol. The molecular formula is C11H17N5O2. The summed E-state index contributed by atoms with van der Waals surface area (Å²) < 4.78 is 7.06. The summed E-state index contributed by atoms with van der Waals surface area (Å²) in [4.78, 5) is 0. The molecule has 0 saturated carbocycles. The van der Waals surface area contributed by atoms with Gasteiger partial charge in [-0.05, 0) is 17.7 Å². The molecule has 7 nitrogen and oxygen atoms in total. The second kappa shape index (κ2) is 5.30. The zero-order valence-electron chi connectivity index (χ0n) is 10.2. The molecule has 1 heterocycles. The molecule has 18 heavy (non-hydrogen) atoms. The number of aryl methyl sites for hydroxylation is 1. The molecule has 0 saturated heterocycles. The Morgan fingerprint density at radius 2 is 2.28 bits per heavy atom. The Hall–Kier alpha value is -1.70. The van der Waals surface area contributed by atoms with Crippen LogP contribution in [0.5, 0.6) is 0 Å². The van der Waals surface area contributed by atoms with Crippen molar-refractivity contribution in [2.75, 3.05) is 18.9 Å². The molecular weight excluding hydrogens is 234 g/mol. The molecule has 2 aromatic rings. The molecule has 0 amide bonds. The van der Waals surface area contributed by atoms with Crippen molar-refractivity contribution in [1.29, 1.82) is 0 Å². The van der Waals surface area contributed by atoms with E-state index >= 15 is 0 Å². The number of fused-ring (bicyclic) bond motifs is 1. The van der Waals surface area contributed by atoms with Crippen molar-refractivity contribution in [2.24, 2.45) is 12.8 Å². The minimum absolute atomic E-state index is 0.0905. The molecule has 1 aromatic heterocycles. The van der Waals surface area contributed by atoms with Gasteiger partial charge in [0.05, 0.1) is 37.1 Å². The van der Waals surface area contributed by atoms with Crippen LogP contribution in [0.25, 0.3) is 11.0 Å². The van der Waals surface area contributed by atoms with Gasteiger partial charge in [-0.3, -0.25) is 0 Å². The number of aromatic nitrogens is 3. The summed E-state index contributed by atoms with van der Waals surface area (Å²) in [6, 6.07) is 3.38. The molecule has 98 valence electrons. The summed E-state index contributed by atoms with van der Waals surface area (Å²) in [7, 11) is 1.81. The van der Waals surface area contributed by atoms with E-state index in [1.807, 2.05) is 12.1 Å². The maximum atomic E-state index is 8.78. The van der Waals surface area contributed by atoms with Gasteiger partial charge in [-0.25, -0.2) is 4.68 Å². The summed E-state index contributed by atoms with van der Waals surface area (Å²) in [5, 5.41) is 16.7. The van der Waals surface area contributed by atoms with Gasteiger partial charge in [0.25, 0.3) is 0 Å². The number of nitrogen functional groups attached to an aromatic ring is 1. The molecule has 0 aliphatic rings. The minimum atomic E-state index is -0.357. The number of nitrogens with zero attached hydrogens (tertiary/aromatic N) is 3. The normalized spacial score (nSPS) is 13.1. The Balaban J connectivity index is 2.11. The molecule has 5 N–H and O–H groups in total. The van der Waals surface area contributed by atoms with E-state index in [4.69, 9.17) is 21.3 Å². The van der Waals surface area contributed by atoms with Crippen molar-refractivity contribution in [3.63, 3.8) is 0 Å². The van der Waals surface area contributed by atoms with Gasteiger partial charge in [0.1, 0.15) is 5.52 Å². The van der Waals surface area contributed by atoms with E-state index in [0.29, 0.717) is 24.4 Å². The van der Waals surface area contributed by atoms with Crippen LogP contribution in [0.1, 0.15) is 5.56 Å². The Morgan fingerprint density at radius 3 is 3.00 bits per heavy atom. The SMILES string of the molecule is Cn1nnc2c(N)cc(COCC(N)CO)cc21. The van der Waals surface area contributed by atoms with Crippen LogP contribution in [0, 0.1) is 0 Å². The summed E-state index contributed by atoms with van der Waals surface area (Å²) in [6.45, 7) is 0.601. The summed E-state index contributed by atoms with van der Waals surface area (Å²) in [5.41, 5.74) is 14.5. The first-order chi connectivity index (χ1) is 8.61. The lowest BCUT2D eigenvalue weighted by Gasteiger charge is -2.09. The predicted molar refractivity (Wildman–Crippen MR) is 67.6 cm³/mol. The molecule has 1 aromatic carbocycles. The molecule has 0 radical (unpaired) electrons. The zero-order valence-corrected chi connectivity index (χ0v) is 10.2. The molecule has 0 fully saturated rings. The van der Waals surface area contributed by atoms with E-state index in [9.17, 15) is 0 Å². The lowest BCUT2D eigenvalue weighted by Crippen LogP contribution is -2.29. The largest absolute Gasteiger partial charge is 0.397 e. The van der Waals surface area contributed by atoms with Crippen molar-refractivity contribution in [1.82, 2.24) is 15.0 Å². The lowest BCUT2D eigenvalue weighted by molar-refractivity contribution is 0.0900. The van der Waals surface area contributed by atoms with E-state index in [1.54, 1.807) is 11.7 Å². The monoisotopic (exact) mass is 251 g/mol. The van der Waals surface area contributed by atoms with Crippen LogP contribution in [0.3, 0.4) is 0 Å². The van der Waals surface area contributed by atoms with Crippen molar-refractivity contribution in [3.8, 4) is 0 Å². The highest BCUT2D eigenvalue weighted by atomic mass is 16.5. The van der Waals surface area contributed by atoms with Gasteiger partial charge >= 0.3 is 0 Å². The van der Waals surface area contributed by atoms with E-state index in [-0.39, 0.29) is 12.6 Å². The van der Waals surface area contributed by atoms with Gasteiger partial charge in [0, 0.05) is 7.05 Å². The number of aliphatic hydroxyl groups excluding tert-OH is 1. The van der Waals surface area contributed by atoms with Crippen LogP contribution in [0.4, 0.5) is 5.69 Å². The first kappa shape index (κ1) is 12.7. The smallest absolute Gasteiger partial charge is 0.136 e. The number of benzene rings is 1. The molecule has 1 atom stereocenters. The van der Waals surface area contributed by atoms with Crippen molar-refractivity contribution < 1.29 is 9.84 Å². The van der Waals surface area contributed by atoms with Crippen molar-refractivity contribution >= 4 is 16.7 Å². The fraction of sp³-hybridized carbons (Fsp3) is 0.455. The van der Waals surface area contributed by atoms with Crippen molar-refractivity contribution in [3.05, 3.63) is 17.7 Å². The highest BCUT2D eigenvalue weighted by Crippen LogP contribution is 2.20. The lowest BCUT2D eigenvalue weighted by atomic mass is 10.2. The highest BCUT2D eigenvalue weighted by molar-refractivity contribution is 5.87. The number of ether oxygens (including phenoxy) is 1. The average Bonchev–Trinajstić information content (AvgIpc) is 2.72. The second-order valence-electron chi connectivity index (χ2n) is 4.22. The molecule has 2 rings (SSSR count). The number of hydrogen-bond donors (Lipinski definition) is 3. The van der Waals surface area contributed by atoms with Gasteiger partial charge in [0.2, 0.25) is 0 Å². The molecule has 1 unspecified atom stereocenters. The Morgan fingerprint density at radius 1 is 1.50 bits per heavy atom. The molecule has 0 aliphatic carbocycles. The van der Waals surface area contributed by atoms with E-state index in [1.165, 1.54) is 0 Å². The number of nitrogens with two attached hydrogens (primary N) is 2. The predicted octanol–water partition coefficient (Wildman–Crippen LogP) is -0.613. The summed E-state index contributed by atoms with van der Waals surface area (Å²) >= 11 is 0. The zero-order chi connectivity index (χ0) is 13.1.